The zero-order valence-electron chi connectivity index (χ0n) is 11.8. The van der Waals surface area contributed by atoms with Crippen molar-refractivity contribution in [1.82, 2.24) is 5.32 Å². The molecular formula is C11H14F9NO2. The summed E-state index contributed by atoms with van der Waals surface area (Å²) in [5.74, 6) is -15.5. The lowest BCUT2D eigenvalue weighted by molar-refractivity contribution is -0.293. The smallest absolute Gasteiger partial charge is 0.450 e. The lowest BCUT2D eigenvalue weighted by atomic mass is 10.0. The van der Waals surface area contributed by atoms with Crippen LogP contribution in [-0.4, -0.2) is 43.2 Å². The number of nitrogens with one attached hydrogen (secondary N) is 1. The molecule has 0 bridgehead atoms. The third-order valence-corrected chi connectivity index (χ3v) is 2.69. The number of halogens is 9. The second kappa shape index (κ2) is 7.47. The minimum atomic E-state index is -6.11. The van der Waals surface area contributed by atoms with Crippen LogP contribution in [0, 0.1) is 0 Å². The van der Waals surface area contributed by atoms with Gasteiger partial charge in [0.05, 0.1) is 6.61 Å². The number of hydrogen-bond acceptors (Lipinski definition) is 2. The Balaban J connectivity index is 4.62. The lowest BCUT2D eigenvalue weighted by Crippen LogP contribution is -2.45. The van der Waals surface area contributed by atoms with Gasteiger partial charge in [-0.3, -0.25) is 0 Å². The Morgan fingerprint density at radius 3 is 1.70 bits per heavy atom. The van der Waals surface area contributed by atoms with Crippen LogP contribution in [0.4, 0.5) is 44.3 Å². The molecule has 0 rings (SSSR count). The minimum absolute atomic E-state index is 0.106. The molecule has 0 spiro atoms. The van der Waals surface area contributed by atoms with Gasteiger partial charge < -0.3 is 10.1 Å². The fraction of sp³-hybridized carbons (Fsp3) is 0.909. The molecule has 12 heteroatoms. The summed E-state index contributed by atoms with van der Waals surface area (Å²) in [6, 6.07) is 0. The summed E-state index contributed by atoms with van der Waals surface area (Å²) in [5, 5.41) is 1.71. The first kappa shape index (κ1) is 21.6. The van der Waals surface area contributed by atoms with Gasteiger partial charge >= 0.3 is 30.0 Å². The Bertz CT molecular complexity index is 395. The van der Waals surface area contributed by atoms with E-state index in [4.69, 9.17) is 0 Å². The number of alkyl halides is 9. The molecule has 0 unspecified atom stereocenters. The molecule has 1 amide bonds. The highest BCUT2D eigenvalue weighted by atomic mass is 19.4. The first-order valence-electron chi connectivity index (χ1n) is 6.27. The van der Waals surface area contributed by atoms with Crippen molar-refractivity contribution in [2.75, 3.05) is 13.2 Å². The molecule has 1 N–H and O–H groups in total. The highest BCUT2D eigenvalue weighted by molar-refractivity contribution is 5.66. The van der Waals surface area contributed by atoms with Gasteiger partial charge in [-0.25, -0.2) is 4.79 Å². The Morgan fingerprint density at radius 1 is 0.826 bits per heavy atom. The maximum absolute atomic E-state index is 13.2. The maximum Gasteiger partial charge on any atom is 0.453 e. The van der Waals surface area contributed by atoms with Crippen molar-refractivity contribution in [2.24, 2.45) is 0 Å². The van der Waals surface area contributed by atoms with Gasteiger partial charge in [-0.2, -0.15) is 39.5 Å². The first-order valence-corrected chi connectivity index (χ1v) is 6.27. The Kier molecular flexibility index (Phi) is 7.03. The van der Waals surface area contributed by atoms with Crippen molar-refractivity contribution < 1.29 is 49.0 Å². The molecule has 0 aromatic carbocycles. The minimum Gasteiger partial charge on any atom is -0.450 e. The fourth-order valence-electron chi connectivity index (χ4n) is 1.33. The van der Waals surface area contributed by atoms with E-state index in [1.807, 2.05) is 0 Å². The molecule has 0 heterocycles. The summed E-state index contributed by atoms with van der Waals surface area (Å²) < 4.78 is 118. The van der Waals surface area contributed by atoms with Gasteiger partial charge in [0.25, 0.3) is 0 Å². The van der Waals surface area contributed by atoms with Crippen LogP contribution in [0.5, 0.6) is 0 Å². The van der Waals surface area contributed by atoms with Gasteiger partial charge in [-0.15, -0.1) is 0 Å². The van der Waals surface area contributed by atoms with Crippen LogP contribution in [0.1, 0.15) is 26.2 Å². The molecule has 0 aliphatic rings. The van der Waals surface area contributed by atoms with E-state index in [1.54, 1.807) is 5.32 Å². The number of alkyl carbamates (subject to hydrolysis) is 1. The number of ether oxygens (including phenoxy) is 1. The molecule has 0 saturated carbocycles. The van der Waals surface area contributed by atoms with Crippen LogP contribution >= 0.6 is 0 Å². The summed E-state index contributed by atoms with van der Waals surface area (Å²) in [6.07, 6.45) is -13.8. The summed E-state index contributed by atoms with van der Waals surface area (Å²) in [7, 11) is 0. The van der Waals surface area contributed by atoms with Gasteiger partial charge in [0.15, 0.2) is 0 Å². The van der Waals surface area contributed by atoms with Crippen molar-refractivity contribution in [3.63, 3.8) is 0 Å². The van der Waals surface area contributed by atoms with Gasteiger partial charge in [0.2, 0.25) is 0 Å². The normalized spacial score (nSPS) is 13.8. The second-order valence-electron chi connectivity index (χ2n) is 4.51. The first-order chi connectivity index (χ1) is 10.2. The Hall–Kier alpha value is -1.36. The van der Waals surface area contributed by atoms with E-state index in [0.717, 1.165) is 0 Å². The molecule has 0 aromatic rings. The molecule has 0 saturated heterocycles. The van der Waals surface area contributed by atoms with Crippen LogP contribution in [0.25, 0.3) is 0 Å². The standard InChI is InChI=1S/C11H14F9NO2/c1-2-23-7(22)21-6-5-9(14,15)8(12,13)3-4-10(16,17)11(18,19)20/h2-6H2,1H3,(H,21,22). The van der Waals surface area contributed by atoms with Crippen molar-refractivity contribution in [1.29, 1.82) is 0 Å². The number of rotatable bonds is 8. The molecule has 0 aromatic heterocycles. The van der Waals surface area contributed by atoms with E-state index < -0.39 is 55.8 Å². The highest BCUT2D eigenvalue weighted by Gasteiger charge is 2.61. The molecule has 0 radical (unpaired) electrons. The van der Waals surface area contributed by atoms with Crippen molar-refractivity contribution in [3.05, 3.63) is 0 Å². The van der Waals surface area contributed by atoms with E-state index in [0.29, 0.717) is 0 Å². The second-order valence-corrected chi connectivity index (χ2v) is 4.51. The third-order valence-electron chi connectivity index (χ3n) is 2.69. The summed E-state index contributed by atoms with van der Waals surface area (Å²) in [5.41, 5.74) is 0. The summed E-state index contributed by atoms with van der Waals surface area (Å²) >= 11 is 0. The Morgan fingerprint density at radius 2 is 1.26 bits per heavy atom. The van der Waals surface area contributed by atoms with Gasteiger partial charge in [0, 0.05) is 25.8 Å². The number of amides is 1. The summed E-state index contributed by atoms with van der Waals surface area (Å²) in [4.78, 5) is 10.8. The molecular weight excluding hydrogens is 349 g/mol. The quantitative estimate of drug-likeness (QED) is 0.651. The lowest BCUT2D eigenvalue weighted by Gasteiger charge is -2.28. The Labute approximate surface area is 125 Å². The fourth-order valence-corrected chi connectivity index (χ4v) is 1.33. The van der Waals surface area contributed by atoms with Crippen LogP contribution in [0.15, 0.2) is 0 Å². The number of carbonyl (C=O) groups excluding carboxylic acids is 1. The number of hydrogen-bond donors (Lipinski definition) is 1. The molecule has 23 heavy (non-hydrogen) atoms. The predicted molar refractivity (Wildman–Crippen MR) is 59.8 cm³/mol. The van der Waals surface area contributed by atoms with Crippen LogP contribution < -0.4 is 5.32 Å². The number of carbonyl (C=O) groups is 1. The van der Waals surface area contributed by atoms with E-state index in [-0.39, 0.29) is 6.61 Å². The average Bonchev–Trinajstić information content (AvgIpc) is 2.35. The van der Waals surface area contributed by atoms with Crippen LogP contribution in [0.2, 0.25) is 0 Å². The molecule has 0 atom stereocenters. The van der Waals surface area contributed by atoms with Gasteiger partial charge in [-0.05, 0) is 6.92 Å². The van der Waals surface area contributed by atoms with E-state index >= 15 is 0 Å². The molecule has 138 valence electrons. The van der Waals surface area contributed by atoms with Crippen molar-refractivity contribution in [3.8, 4) is 0 Å². The van der Waals surface area contributed by atoms with E-state index in [9.17, 15) is 44.3 Å². The van der Waals surface area contributed by atoms with Crippen molar-refractivity contribution in [2.45, 2.75) is 50.1 Å². The third kappa shape index (κ3) is 6.34. The molecule has 0 fully saturated rings. The maximum atomic E-state index is 13.2. The summed E-state index contributed by atoms with van der Waals surface area (Å²) in [6.45, 7) is 0.311. The van der Waals surface area contributed by atoms with Gasteiger partial charge in [-0.1, -0.05) is 0 Å². The monoisotopic (exact) mass is 363 g/mol. The zero-order chi connectivity index (χ0) is 18.5. The SMILES string of the molecule is CCOC(=O)NCCC(F)(F)C(F)(F)CCC(F)(F)C(F)(F)F. The van der Waals surface area contributed by atoms with Gasteiger partial charge in [0.1, 0.15) is 0 Å². The van der Waals surface area contributed by atoms with Crippen LogP contribution in [-0.2, 0) is 4.74 Å². The largest absolute Gasteiger partial charge is 0.453 e. The molecule has 0 aliphatic carbocycles. The van der Waals surface area contributed by atoms with E-state index in [1.165, 1.54) is 6.92 Å². The van der Waals surface area contributed by atoms with E-state index in [2.05, 4.69) is 4.74 Å². The predicted octanol–water partition coefficient (Wildman–Crippen LogP) is 4.37. The average molecular weight is 363 g/mol. The molecule has 0 aliphatic heterocycles. The molecule has 3 nitrogen and oxygen atoms in total. The zero-order valence-corrected chi connectivity index (χ0v) is 11.8. The van der Waals surface area contributed by atoms with Crippen LogP contribution in [0.3, 0.4) is 0 Å². The topological polar surface area (TPSA) is 38.3 Å². The highest BCUT2D eigenvalue weighted by Crippen LogP contribution is 2.45. The van der Waals surface area contributed by atoms with Crippen molar-refractivity contribution >= 4 is 6.09 Å².